The van der Waals surface area contributed by atoms with Crippen LogP contribution in [0.25, 0.3) is 10.8 Å². The zero-order chi connectivity index (χ0) is 15.5. The van der Waals surface area contributed by atoms with E-state index in [9.17, 15) is 4.79 Å². The van der Waals surface area contributed by atoms with E-state index in [4.69, 9.17) is 10.5 Å². The smallest absolute Gasteiger partial charge is 0.250 e. The maximum atomic E-state index is 11.1. The van der Waals surface area contributed by atoms with Gasteiger partial charge >= 0.3 is 0 Å². The van der Waals surface area contributed by atoms with Crippen LogP contribution < -0.4 is 10.5 Å². The highest BCUT2D eigenvalue weighted by Crippen LogP contribution is 2.31. The summed E-state index contributed by atoms with van der Waals surface area (Å²) in [7, 11) is 0. The molecular formula is C18H16N2O2. The molecule has 0 spiro atoms. The summed E-state index contributed by atoms with van der Waals surface area (Å²) in [6.07, 6.45) is 2.38. The Morgan fingerprint density at radius 2 is 1.86 bits per heavy atom. The second kappa shape index (κ2) is 5.85. The molecular weight excluding hydrogens is 276 g/mol. The van der Waals surface area contributed by atoms with Crippen LogP contribution in [-0.2, 0) is 6.42 Å². The van der Waals surface area contributed by atoms with Gasteiger partial charge in [0.1, 0.15) is 5.75 Å². The SMILES string of the molecule is CCc1ccc(Oc2ccc(C(N)=O)cn2)c2ccccc12. The Labute approximate surface area is 128 Å². The number of aryl methyl sites for hydroxylation is 1. The van der Waals surface area contributed by atoms with E-state index in [-0.39, 0.29) is 0 Å². The third-order valence-electron chi connectivity index (χ3n) is 3.59. The van der Waals surface area contributed by atoms with Crippen molar-refractivity contribution in [3.05, 3.63) is 65.9 Å². The van der Waals surface area contributed by atoms with Crippen molar-refractivity contribution in [3.8, 4) is 11.6 Å². The lowest BCUT2D eigenvalue weighted by atomic mass is 10.0. The summed E-state index contributed by atoms with van der Waals surface area (Å²) >= 11 is 0. The summed E-state index contributed by atoms with van der Waals surface area (Å²) in [4.78, 5) is 15.2. The molecule has 4 nitrogen and oxygen atoms in total. The summed E-state index contributed by atoms with van der Waals surface area (Å²) in [5.74, 6) is 0.670. The average molecular weight is 292 g/mol. The topological polar surface area (TPSA) is 65.2 Å². The van der Waals surface area contributed by atoms with Gasteiger partial charge in [-0.2, -0.15) is 0 Å². The van der Waals surface area contributed by atoms with Crippen LogP contribution in [0.15, 0.2) is 54.7 Å². The molecule has 22 heavy (non-hydrogen) atoms. The fourth-order valence-electron chi connectivity index (χ4n) is 2.43. The van der Waals surface area contributed by atoms with E-state index < -0.39 is 5.91 Å². The Hall–Kier alpha value is -2.88. The summed E-state index contributed by atoms with van der Waals surface area (Å²) in [5.41, 5.74) is 6.84. The van der Waals surface area contributed by atoms with Gasteiger partial charge < -0.3 is 10.5 Å². The van der Waals surface area contributed by atoms with Crippen molar-refractivity contribution in [2.24, 2.45) is 5.73 Å². The van der Waals surface area contributed by atoms with Crippen molar-refractivity contribution in [1.29, 1.82) is 0 Å². The monoisotopic (exact) mass is 292 g/mol. The van der Waals surface area contributed by atoms with E-state index in [1.54, 1.807) is 12.1 Å². The Balaban J connectivity index is 1.99. The molecule has 1 heterocycles. The molecule has 0 bridgehead atoms. The van der Waals surface area contributed by atoms with E-state index in [0.29, 0.717) is 11.4 Å². The van der Waals surface area contributed by atoms with Crippen LogP contribution in [0.2, 0.25) is 0 Å². The van der Waals surface area contributed by atoms with Crippen molar-refractivity contribution in [2.45, 2.75) is 13.3 Å². The van der Waals surface area contributed by atoms with E-state index in [1.165, 1.54) is 17.1 Å². The van der Waals surface area contributed by atoms with Crippen LogP contribution in [0.5, 0.6) is 11.6 Å². The van der Waals surface area contributed by atoms with Gasteiger partial charge in [-0.25, -0.2) is 4.98 Å². The van der Waals surface area contributed by atoms with E-state index in [2.05, 4.69) is 24.0 Å². The number of carbonyl (C=O) groups excluding carboxylic acids is 1. The molecule has 0 unspecified atom stereocenters. The van der Waals surface area contributed by atoms with Crippen LogP contribution in [-0.4, -0.2) is 10.9 Å². The number of carbonyl (C=O) groups is 1. The molecule has 0 fully saturated rings. The summed E-state index contributed by atoms with van der Waals surface area (Å²) in [5, 5.41) is 2.22. The second-order valence-electron chi connectivity index (χ2n) is 4.97. The Bertz CT molecular complexity index is 826. The number of nitrogens with two attached hydrogens (primary N) is 1. The molecule has 0 aliphatic rings. The first kappa shape index (κ1) is 14.1. The summed E-state index contributed by atoms with van der Waals surface area (Å²) in [6, 6.07) is 15.4. The molecule has 0 aliphatic carbocycles. The summed E-state index contributed by atoms with van der Waals surface area (Å²) < 4.78 is 5.86. The standard InChI is InChI=1S/C18H16N2O2/c1-2-12-7-9-16(15-6-4-3-5-14(12)15)22-17-10-8-13(11-20-17)18(19)21/h3-11H,2H2,1H3,(H2,19,21). The lowest BCUT2D eigenvalue weighted by Crippen LogP contribution is -2.10. The molecule has 3 aromatic rings. The van der Waals surface area contributed by atoms with Gasteiger partial charge in [0.25, 0.3) is 0 Å². The van der Waals surface area contributed by atoms with Crippen molar-refractivity contribution >= 4 is 16.7 Å². The number of primary amides is 1. The van der Waals surface area contributed by atoms with E-state index >= 15 is 0 Å². The van der Waals surface area contributed by atoms with Crippen LogP contribution in [0, 0.1) is 0 Å². The predicted octanol–water partition coefficient (Wildman–Crippen LogP) is 3.69. The third kappa shape index (κ3) is 2.63. The van der Waals surface area contributed by atoms with Crippen LogP contribution in [0.3, 0.4) is 0 Å². The number of hydrogen-bond acceptors (Lipinski definition) is 3. The first-order valence-corrected chi connectivity index (χ1v) is 7.13. The highest BCUT2D eigenvalue weighted by molar-refractivity contribution is 5.92. The lowest BCUT2D eigenvalue weighted by Gasteiger charge is -2.11. The molecule has 0 saturated carbocycles. The molecule has 0 radical (unpaired) electrons. The molecule has 1 aromatic heterocycles. The van der Waals surface area contributed by atoms with Crippen LogP contribution in [0.4, 0.5) is 0 Å². The fourth-order valence-corrected chi connectivity index (χ4v) is 2.43. The molecule has 2 N–H and O–H groups in total. The first-order chi connectivity index (χ1) is 10.7. The zero-order valence-corrected chi connectivity index (χ0v) is 12.2. The van der Waals surface area contributed by atoms with Crippen molar-refractivity contribution in [3.63, 3.8) is 0 Å². The van der Waals surface area contributed by atoms with Gasteiger partial charge in [-0.1, -0.05) is 37.3 Å². The predicted molar refractivity (Wildman–Crippen MR) is 86.2 cm³/mol. The number of hydrogen-bond donors (Lipinski definition) is 1. The highest BCUT2D eigenvalue weighted by Gasteiger charge is 2.08. The molecule has 2 aromatic carbocycles. The van der Waals surface area contributed by atoms with Crippen LogP contribution in [0.1, 0.15) is 22.8 Å². The minimum absolute atomic E-state index is 0.360. The molecule has 4 heteroatoms. The van der Waals surface area contributed by atoms with Crippen molar-refractivity contribution in [1.82, 2.24) is 4.98 Å². The number of amides is 1. The second-order valence-corrected chi connectivity index (χ2v) is 4.97. The molecule has 3 rings (SSSR count). The quantitative estimate of drug-likeness (QED) is 0.797. The minimum Gasteiger partial charge on any atom is -0.438 e. The van der Waals surface area contributed by atoms with Gasteiger partial charge in [0.15, 0.2) is 0 Å². The van der Waals surface area contributed by atoms with Gasteiger partial charge in [0.05, 0.1) is 5.56 Å². The number of benzene rings is 2. The molecule has 1 amide bonds. The van der Waals surface area contributed by atoms with Gasteiger partial charge in [0.2, 0.25) is 11.8 Å². The maximum absolute atomic E-state index is 11.1. The molecule has 0 saturated heterocycles. The Morgan fingerprint density at radius 1 is 1.09 bits per heavy atom. The van der Waals surface area contributed by atoms with Crippen LogP contribution >= 0.6 is 0 Å². The highest BCUT2D eigenvalue weighted by atomic mass is 16.5. The Kier molecular flexibility index (Phi) is 3.74. The molecule has 110 valence electrons. The summed E-state index contributed by atoms with van der Waals surface area (Å²) in [6.45, 7) is 2.13. The van der Waals surface area contributed by atoms with Gasteiger partial charge in [-0.05, 0) is 29.5 Å². The molecule has 0 atom stereocenters. The number of ether oxygens (including phenoxy) is 1. The number of fused-ring (bicyclic) bond motifs is 1. The van der Waals surface area contributed by atoms with Gasteiger partial charge in [0, 0.05) is 17.6 Å². The fraction of sp³-hybridized carbons (Fsp3) is 0.111. The largest absolute Gasteiger partial charge is 0.438 e. The zero-order valence-electron chi connectivity index (χ0n) is 12.2. The van der Waals surface area contributed by atoms with Gasteiger partial charge in [-0.3, -0.25) is 4.79 Å². The normalized spacial score (nSPS) is 10.6. The maximum Gasteiger partial charge on any atom is 0.250 e. The van der Waals surface area contributed by atoms with Gasteiger partial charge in [-0.15, -0.1) is 0 Å². The first-order valence-electron chi connectivity index (χ1n) is 7.13. The number of nitrogens with zero attached hydrogens (tertiary/aromatic N) is 1. The number of rotatable bonds is 4. The lowest BCUT2D eigenvalue weighted by molar-refractivity contribution is 0.1000. The van der Waals surface area contributed by atoms with Crippen molar-refractivity contribution in [2.75, 3.05) is 0 Å². The Morgan fingerprint density at radius 3 is 2.50 bits per heavy atom. The van der Waals surface area contributed by atoms with E-state index in [1.807, 2.05) is 24.3 Å². The third-order valence-corrected chi connectivity index (χ3v) is 3.59. The van der Waals surface area contributed by atoms with E-state index in [0.717, 1.165) is 17.6 Å². The number of aromatic nitrogens is 1. The molecule has 0 aliphatic heterocycles. The average Bonchev–Trinajstić information content (AvgIpc) is 2.55. The minimum atomic E-state index is -0.503. The number of pyridine rings is 1. The van der Waals surface area contributed by atoms with Crippen molar-refractivity contribution < 1.29 is 9.53 Å².